The van der Waals surface area contributed by atoms with Gasteiger partial charge in [-0.15, -0.1) is 0 Å². The van der Waals surface area contributed by atoms with Crippen molar-refractivity contribution in [3.05, 3.63) is 6.92 Å². The zero-order valence-corrected chi connectivity index (χ0v) is 7.05. The highest BCUT2D eigenvalue weighted by molar-refractivity contribution is 7.52. The van der Waals surface area contributed by atoms with Gasteiger partial charge in [-0.1, -0.05) is 20.3 Å². The minimum absolute atomic E-state index is 0.481. The Hall–Kier alpha value is 0.150. The van der Waals surface area contributed by atoms with Gasteiger partial charge < -0.3 is 9.79 Å². The lowest BCUT2D eigenvalue weighted by atomic mass is 10.2. The molecule has 0 fully saturated rings. The van der Waals surface area contributed by atoms with Crippen molar-refractivity contribution in [3.8, 4) is 0 Å². The Bertz CT molecular complexity index is 129. The molecule has 0 spiro atoms. The Morgan fingerprint density at radius 2 is 2.10 bits per heavy atom. The SMILES string of the molecule is [CH2]CCC(CC)P(=O)(O)O. The summed E-state index contributed by atoms with van der Waals surface area (Å²) in [5.41, 5.74) is -0.481. The molecule has 10 heavy (non-hydrogen) atoms. The smallest absolute Gasteiger partial charge is 0.324 e. The second kappa shape index (κ2) is 4.12. The molecular weight excluding hydrogens is 151 g/mol. The average molecular weight is 165 g/mol. The van der Waals surface area contributed by atoms with Crippen LogP contribution in [0.25, 0.3) is 0 Å². The molecular formula is C6H14O3P. The van der Waals surface area contributed by atoms with Crippen LogP contribution in [0.3, 0.4) is 0 Å². The number of hydrogen-bond acceptors (Lipinski definition) is 1. The standard InChI is InChI=1S/C6H14O3P/c1-3-5-6(4-2)10(7,8)9/h6H,1,3-5H2,2H3,(H2,7,8,9). The molecule has 0 saturated heterocycles. The number of hydrogen-bond donors (Lipinski definition) is 2. The van der Waals surface area contributed by atoms with Crippen molar-refractivity contribution >= 4 is 7.60 Å². The van der Waals surface area contributed by atoms with Crippen molar-refractivity contribution in [2.75, 3.05) is 0 Å². The van der Waals surface area contributed by atoms with Crippen LogP contribution in [0.2, 0.25) is 0 Å². The van der Waals surface area contributed by atoms with E-state index in [1.165, 1.54) is 0 Å². The zero-order valence-electron chi connectivity index (χ0n) is 6.16. The lowest BCUT2D eigenvalue weighted by molar-refractivity contribution is 0.352. The van der Waals surface area contributed by atoms with Gasteiger partial charge in [0.2, 0.25) is 0 Å². The highest BCUT2D eigenvalue weighted by Crippen LogP contribution is 2.44. The van der Waals surface area contributed by atoms with E-state index >= 15 is 0 Å². The third kappa shape index (κ3) is 3.35. The normalized spacial score (nSPS) is 15.2. The minimum Gasteiger partial charge on any atom is -0.324 e. The highest BCUT2D eigenvalue weighted by Gasteiger charge is 2.25. The van der Waals surface area contributed by atoms with Crippen LogP contribution in [0.1, 0.15) is 26.2 Å². The van der Waals surface area contributed by atoms with E-state index in [0.29, 0.717) is 19.3 Å². The van der Waals surface area contributed by atoms with Gasteiger partial charge >= 0.3 is 7.60 Å². The monoisotopic (exact) mass is 165 g/mol. The minimum atomic E-state index is -3.83. The van der Waals surface area contributed by atoms with Gasteiger partial charge in [0.05, 0.1) is 5.66 Å². The summed E-state index contributed by atoms with van der Waals surface area (Å²) in [6, 6.07) is 0. The molecule has 0 saturated carbocycles. The van der Waals surface area contributed by atoms with E-state index in [0.717, 1.165) is 0 Å². The van der Waals surface area contributed by atoms with E-state index in [2.05, 4.69) is 6.92 Å². The van der Waals surface area contributed by atoms with Crippen LogP contribution in [0.4, 0.5) is 0 Å². The first-order valence-corrected chi connectivity index (χ1v) is 5.05. The molecule has 1 atom stereocenters. The van der Waals surface area contributed by atoms with Crippen LogP contribution in [0.5, 0.6) is 0 Å². The Morgan fingerprint density at radius 3 is 2.20 bits per heavy atom. The molecule has 61 valence electrons. The maximum absolute atomic E-state index is 10.6. The summed E-state index contributed by atoms with van der Waals surface area (Å²) in [4.78, 5) is 17.4. The van der Waals surface area contributed by atoms with E-state index < -0.39 is 13.3 Å². The number of rotatable bonds is 4. The molecule has 0 aromatic rings. The van der Waals surface area contributed by atoms with Crippen LogP contribution in [0.15, 0.2) is 0 Å². The van der Waals surface area contributed by atoms with Gasteiger partial charge in [-0.25, -0.2) is 0 Å². The second-order valence-electron chi connectivity index (χ2n) is 2.29. The van der Waals surface area contributed by atoms with Crippen molar-refractivity contribution in [2.24, 2.45) is 0 Å². The Labute approximate surface area is 61.6 Å². The van der Waals surface area contributed by atoms with Crippen molar-refractivity contribution in [1.29, 1.82) is 0 Å². The van der Waals surface area contributed by atoms with Crippen LogP contribution in [-0.2, 0) is 4.57 Å². The van der Waals surface area contributed by atoms with E-state index in [-0.39, 0.29) is 0 Å². The molecule has 0 aliphatic heterocycles. The summed E-state index contributed by atoms with van der Waals surface area (Å²) < 4.78 is 10.6. The van der Waals surface area contributed by atoms with Gasteiger partial charge in [0.1, 0.15) is 0 Å². The predicted molar refractivity (Wildman–Crippen MR) is 40.7 cm³/mol. The van der Waals surface area contributed by atoms with Crippen LogP contribution >= 0.6 is 7.60 Å². The summed E-state index contributed by atoms with van der Waals surface area (Å²) in [6.07, 6.45) is 1.63. The van der Waals surface area contributed by atoms with Crippen LogP contribution in [-0.4, -0.2) is 15.4 Å². The molecule has 3 nitrogen and oxygen atoms in total. The van der Waals surface area contributed by atoms with Gasteiger partial charge in [-0.05, 0) is 12.8 Å². The first kappa shape index (κ1) is 10.2. The molecule has 0 aromatic heterocycles. The van der Waals surface area contributed by atoms with E-state index in [9.17, 15) is 4.57 Å². The van der Waals surface area contributed by atoms with E-state index in [1.54, 1.807) is 6.92 Å². The van der Waals surface area contributed by atoms with Crippen molar-refractivity contribution < 1.29 is 14.4 Å². The molecule has 0 aliphatic carbocycles. The van der Waals surface area contributed by atoms with E-state index in [4.69, 9.17) is 9.79 Å². The van der Waals surface area contributed by atoms with Crippen molar-refractivity contribution in [3.63, 3.8) is 0 Å². The molecule has 0 aromatic carbocycles. The van der Waals surface area contributed by atoms with Gasteiger partial charge in [0.25, 0.3) is 0 Å². The summed E-state index contributed by atoms with van der Waals surface area (Å²) in [5.74, 6) is 0. The largest absolute Gasteiger partial charge is 0.328 e. The molecule has 1 radical (unpaired) electrons. The summed E-state index contributed by atoms with van der Waals surface area (Å²) in [6.45, 7) is 5.32. The van der Waals surface area contributed by atoms with Gasteiger partial charge in [0, 0.05) is 0 Å². The lowest BCUT2D eigenvalue weighted by Crippen LogP contribution is -2.05. The molecule has 2 N–H and O–H groups in total. The van der Waals surface area contributed by atoms with Gasteiger partial charge in [-0.3, -0.25) is 4.57 Å². The Morgan fingerprint density at radius 1 is 1.60 bits per heavy atom. The third-order valence-electron chi connectivity index (χ3n) is 1.48. The fourth-order valence-electron chi connectivity index (χ4n) is 0.846. The quantitative estimate of drug-likeness (QED) is 0.621. The lowest BCUT2D eigenvalue weighted by Gasteiger charge is -2.14. The Kier molecular flexibility index (Phi) is 4.18. The summed E-state index contributed by atoms with van der Waals surface area (Å²) in [5, 5.41) is 0. The zero-order chi connectivity index (χ0) is 8.20. The van der Waals surface area contributed by atoms with Crippen LogP contribution in [0, 0.1) is 6.92 Å². The van der Waals surface area contributed by atoms with E-state index in [1.807, 2.05) is 0 Å². The molecule has 1 unspecified atom stereocenters. The predicted octanol–water partition coefficient (Wildman–Crippen LogP) is 1.56. The Balaban J connectivity index is 3.94. The molecule has 0 rings (SSSR count). The summed E-state index contributed by atoms with van der Waals surface area (Å²) >= 11 is 0. The average Bonchev–Trinajstić information content (AvgIpc) is 1.80. The highest BCUT2D eigenvalue weighted by atomic mass is 31.2. The first-order valence-electron chi connectivity index (χ1n) is 3.36. The van der Waals surface area contributed by atoms with Crippen LogP contribution < -0.4 is 0 Å². The molecule has 0 amide bonds. The van der Waals surface area contributed by atoms with Crippen molar-refractivity contribution in [1.82, 2.24) is 0 Å². The fraction of sp³-hybridized carbons (Fsp3) is 0.833. The first-order chi connectivity index (χ1) is 4.52. The molecule has 0 heterocycles. The molecule has 4 heteroatoms. The topological polar surface area (TPSA) is 57.5 Å². The maximum Gasteiger partial charge on any atom is 0.328 e. The molecule has 0 bridgehead atoms. The second-order valence-corrected chi connectivity index (χ2v) is 4.20. The summed E-state index contributed by atoms with van der Waals surface area (Å²) in [7, 11) is -3.83. The third-order valence-corrected chi connectivity index (χ3v) is 3.06. The van der Waals surface area contributed by atoms with Gasteiger partial charge in [-0.2, -0.15) is 0 Å². The van der Waals surface area contributed by atoms with Crippen molar-refractivity contribution in [2.45, 2.75) is 31.8 Å². The molecule has 0 aliphatic rings. The van der Waals surface area contributed by atoms with Gasteiger partial charge in [0.15, 0.2) is 0 Å². The maximum atomic E-state index is 10.6. The fourth-order valence-corrected chi connectivity index (χ4v) is 1.84.